The molecule has 16 heavy (non-hydrogen) atoms. The van der Waals surface area contributed by atoms with Crippen molar-refractivity contribution in [2.75, 3.05) is 5.75 Å². The first kappa shape index (κ1) is 11.6. The maximum atomic E-state index is 11.1. The van der Waals surface area contributed by atoms with Crippen LogP contribution in [0.2, 0.25) is 0 Å². The number of nitrogens with zero attached hydrogens (tertiary/aromatic N) is 1. The molecule has 5 nitrogen and oxygen atoms in total. The van der Waals surface area contributed by atoms with Gasteiger partial charge in [0.05, 0.1) is 10.6 Å². The summed E-state index contributed by atoms with van der Waals surface area (Å²) in [6.45, 7) is 0. The number of carboxylic acid groups (broad SMARTS) is 1. The van der Waals surface area contributed by atoms with Gasteiger partial charge in [0.2, 0.25) is 6.41 Å². The summed E-state index contributed by atoms with van der Waals surface area (Å²) in [7, 11) is 0. The zero-order valence-electron chi connectivity index (χ0n) is 8.92. The SMILES string of the molecule is O=CN1C(OC(=O)O)CSC12CCCCC2. The smallest absolute Gasteiger partial charge is 0.450 e. The van der Waals surface area contributed by atoms with Gasteiger partial charge in [0.1, 0.15) is 0 Å². The topological polar surface area (TPSA) is 66.8 Å². The minimum absolute atomic E-state index is 0.208. The van der Waals surface area contributed by atoms with E-state index in [9.17, 15) is 9.59 Å². The third kappa shape index (κ3) is 1.98. The van der Waals surface area contributed by atoms with Crippen LogP contribution in [0.25, 0.3) is 0 Å². The number of carbonyl (C=O) groups is 2. The molecular weight excluding hydrogens is 230 g/mol. The second-order valence-corrected chi connectivity index (χ2v) is 5.55. The summed E-state index contributed by atoms with van der Waals surface area (Å²) >= 11 is 1.65. The van der Waals surface area contributed by atoms with Crippen molar-refractivity contribution in [2.45, 2.75) is 43.2 Å². The van der Waals surface area contributed by atoms with Crippen LogP contribution in [-0.2, 0) is 9.53 Å². The van der Waals surface area contributed by atoms with Gasteiger partial charge in [-0.1, -0.05) is 19.3 Å². The maximum absolute atomic E-state index is 11.1. The van der Waals surface area contributed by atoms with Gasteiger partial charge in [0.25, 0.3) is 0 Å². The highest BCUT2D eigenvalue weighted by Gasteiger charge is 2.48. The molecule has 6 heteroatoms. The summed E-state index contributed by atoms with van der Waals surface area (Å²) in [6.07, 6.45) is 4.07. The molecule has 0 aromatic rings. The molecule has 1 N–H and O–H groups in total. The van der Waals surface area contributed by atoms with Crippen molar-refractivity contribution in [3.05, 3.63) is 0 Å². The van der Waals surface area contributed by atoms with Gasteiger partial charge in [0, 0.05) is 0 Å². The third-order valence-electron chi connectivity index (χ3n) is 3.26. The Morgan fingerprint density at radius 1 is 1.44 bits per heavy atom. The van der Waals surface area contributed by atoms with Crippen LogP contribution in [-0.4, -0.2) is 39.4 Å². The van der Waals surface area contributed by atoms with Crippen molar-refractivity contribution in [2.24, 2.45) is 0 Å². The Labute approximate surface area is 98.1 Å². The van der Waals surface area contributed by atoms with Gasteiger partial charge in [-0.05, 0) is 12.8 Å². The van der Waals surface area contributed by atoms with Crippen LogP contribution in [0.4, 0.5) is 4.79 Å². The maximum Gasteiger partial charge on any atom is 0.507 e. The fraction of sp³-hybridized carbons (Fsp3) is 0.800. The molecule has 1 aliphatic heterocycles. The largest absolute Gasteiger partial charge is 0.507 e. The Kier molecular flexibility index (Phi) is 3.28. The van der Waals surface area contributed by atoms with Crippen LogP contribution >= 0.6 is 11.8 Å². The highest BCUT2D eigenvalue weighted by atomic mass is 32.2. The summed E-state index contributed by atoms with van der Waals surface area (Å²) in [6, 6.07) is 0. The van der Waals surface area contributed by atoms with E-state index < -0.39 is 12.4 Å². The molecule has 1 saturated carbocycles. The molecule has 0 bridgehead atoms. The molecule has 1 saturated heterocycles. The van der Waals surface area contributed by atoms with Gasteiger partial charge in [-0.2, -0.15) is 0 Å². The lowest BCUT2D eigenvalue weighted by Crippen LogP contribution is -2.47. The van der Waals surface area contributed by atoms with Gasteiger partial charge in [-0.3, -0.25) is 9.69 Å². The Hall–Kier alpha value is -0.910. The second-order valence-electron chi connectivity index (χ2n) is 4.17. The predicted octanol–water partition coefficient (Wildman–Crippen LogP) is 1.87. The van der Waals surface area contributed by atoms with Crippen LogP contribution in [0, 0.1) is 0 Å². The molecule has 2 rings (SSSR count). The molecule has 2 aliphatic rings. The number of hydrogen-bond donors (Lipinski definition) is 1. The molecule has 1 amide bonds. The van der Waals surface area contributed by atoms with Gasteiger partial charge in [-0.15, -0.1) is 11.8 Å². The summed E-state index contributed by atoms with van der Waals surface area (Å²) < 4.78 is 4.73. The Morgan fingerprint density at radius 2 is 2.12 bits per heavy atom. The lowest BCUT2D eigenvalue weighted by atomic mass is 9.93. The van der Waals surface area contributed by atoms with Crippen molar-refractivity contribution < 1.29 is 19.4 Å². The summed E-state index contributed by atoms with van der Waals surface area (Å²) in [4.78, 5) is 23.0. The first-order valence-electron chi connectivity index (χ1n) is 5.45. The van der Waals surface area contributed by atoms with E-state index in [1.165, 1.54) is 6.42 Å². The fourth-order valence-corrected chi connectivity index (χ4v) is 4.09. The van der Waals surface area contributed by atoms with E-state index in [1.807, 2.05) is 0 Å². The van der Waals surface area contributed by atoms with Gasteiger partial charge in [-0.25, -0.2) is 4.79 Å². The molecular formula is C10H15NO4S. The quantitative estimate of drug-likeness (QED) is 0.594. The molecule has 0 aromatic heterocycles. The van der Waals surface area contributed by atoms with Crippen molar-refractivity contribution in [1.29, 1.82) is 0 Å². The summed E-state index contributed by atoms with van der Waals surface area (Å²) in [5.74, 6) is 0.547. The van der Waals surface area contributed by atoms with Crippen LogP contribution in [0.1, 0.15) is 32.1 Å². The van der Waals surface area contributed by atoms with Crippen molar-refractivity contribution >= 4 is 24.3 Å². The molecule has 1 atom stereocenters. The molecule has 1 aliphatic carbocycles. The monoisotopic (exact) mass is 245 g/mol. The molecule has 2 fully saturated rings. The zero-order valence-corrected chi connectivity index (χ0v) is 9.74. The molecule has 90 valence electrons. The van der Waals surface area contributed by atoms with Crippen LogP contribution in [0.15, 0.2) is 0 Å². The highest BCUT2D eigenvalue weighted by molar-refractivity contribution is 8.00. The van der Waals surface area contributed by atoms with E-state index in [1.54, 1.807) is 16.7 Å². The Bertz CT molecular complexity index is 291. The van der Waals surface area contributed by atoms with E-state index in [-0.39, 0.29) is 4.87 Å². The molecule has 1 unspecified atom stereocenters. The fourth-order valence-electron chi connectivity index (χ4n) is 2.52. The van der Waals surface area contributed by atoms with Gasteiger partial charge in [0.15, 0.2) is 6.23 Å². The number of carbonyl (C=O) groups excluding carboxylic acids is 1. The average Bonchev–Trinajstić information content (AvgIpc) is 2.57. The molecule has 1 spiro atoms. The van der Waals surface area contributed by atoms with E-state index in [0.717, 1.165) is 32.1 Å². The van der Waals surface area contributed by atoms with Crippen LogP contribution in [0.3, 0.4) is 0 Å². The lowest BCUT2D eigenvalue weighted by Gasteiger charge is -2.39. The summed E-state index contributed by atoms with van der Waals surface area (Å²) in [5, 5.41) is 8.60. The van der Waals surface area contributed by atoms with E-state index >= 15 is 0 Å². The van der Waals surface area contributed by atoms with Gasteiger partial charge >= 0.3 is 6.16 Å². The number of rotatable bonds is 2. The van der Waals surface area contributed by atoms with Crippen molar-refractivity contribution in [1.82, 2.24) is 4.90 Å². The van der Waals surface area contributed by atoms with Crippen molar-refractivity contribution in [3.8, 4) is 0 Å². The molecule has 1 heterocycles. The van der Waals surface area contributed by atoms with Gasteiger partial charge < -0.3 is 9.84 Å². The number of amides is 1. The molecule has 0 aromatic carbocycles. The number of ether oxygens (including phenoxy) is 1. The Balaban J connectivity index is 2.10. The predicted molar refractivity (Wildman–Crippen MR) is 59.1 cm³/mol. The normalized spacial score (nSPS) is 28.0. The first-order valence-corrected chi connectivity index (χ1v) is 6.44. The van der Waals surface area contributed by atoms with E-state index in [4.69, 9.17) is 9.84 Å². The van der Waals surface area contributed by atoms with E-state index in [2.05, 4.69) is 0 Å². The van der Waals surface area contributed by atoms with Crippen LogP contribution < -0.4 is 0 Å². The standard InChI is InChI=1S/C10H15NO4S/c12-7-11-8(15-9(13)14)6-16-10(11)4-2-1-3-5-10/h7-8H,1-6H2,(H,13,14). The minimum atomic E-state index is -1.31. The third-order valence-corrected chi connectivity index (χ3v) is 4.87. The number of thioether (sulfide) groups is 1. The Morgan fingerprint density at radius 3 is 2.69 bits per heavy atom. The zero-order chi connectivity index (χ0) is 11.6. The average molecular weight is 245 g/mol. The van der Waals surface area contributed by atoms with Crippen molar-refractivity contribution in [3.63, 3.8) is 0 Å². The lowest BCUT2D eigenvalue weighted by molar-refractivity contribution is -0.132. The summed E-state index contributed by atoms with van der Waals surface area (Å²) in [5.41, 5.74) is 0. The minimum Gasteiger partial charge on any atom is -0.450 e. The highest BCUT2D eigenvalue weighted by Crippen LogP contribution is 2.48. The first-order chi connectivity index (χ1) is 7.68. The van der Waals surface area contributed by atoms with E-state index in [0.29, 0.717) is 5.75 Å². The number of hydrogen-bond acceptors (Lipinski definition) is 4. The molecule has 0 radical (unpaired) electrons. The second kappa shape index (κ2) is 4.53. The van der Waals surface area contributed by atoms with Crippen LogP contribution in [0.5, 0.6) is 0 Å².